The first-order chi connectivity index (χ1) is 9.76. The summed E-state index contributed by atoms with van der Waals surface area (Å²) in [5, 5.41) is 2.63. The van der Waals surface area contributed by atoms with Gasteiger partial charge in [-0.15, -0.1) is 0 Å². The molecule has 5 nitrogen and oxygen atoms in total. The molecule has 0 saturated carbocycles. The Balaban J connectivity index is 3.06. The zero-order valence-electron chi connectivity index (χ0n) is 11.3. The molecule has 0 bridgehead atoms. The molecule has 1 aromatic rings. The van der Waals surface area contributed by atoms with E-state index in [0.29, 0.717) is 0 Å². The van der Waals surface area contributed by atoms with Crippen LogP contribution in [-0.2, 0) is 10.0 Å². The molecule has 9 heteroatoms. The van der Waals surface area contributed by atoms with Crippen molar-refractivity contribution in [3.63, 3.8) is 0 Å². The number of para-hydroxylation sites is 1. The average Bonchev–Trinajstić information content (AvgIpc) is 2.37. The van der Waals surface area contributed by atoms with E-state index in [2.05, 4.69) is 10.0 Å². The molecule has 116 valence electrons. The lowest BCUT2D eigenvalue weighted by atomic mass is 10.3. The molecule has 0 unspecified atom stereocenters. The van der Waals surface area contributed by atoms with Gasteiger partial charge in [0.05, 0.1) is 5.54 Å². The molecule has 0 aliphatic heterocycles. The van der Waals surface area contributed by atoms with Gasteiger partial charge in [-0.25, -0.2) is 8.42 Å². The maximum atomic E-state index is 12.3. The van der Waals surface area contributed by atoms with Crippen LogP contribution < -0.4 is 14.8 Å². The van der Waals surface area contributed by atoms with Crippen LogP contribution in [0.25, 0.3) is 0 Å². The lowest BCUT2D eigenvalue weighted by Crippen LogP contribution is -2.42. The lowest BCUT2D eigenvalue weighted by Gasteiger charge is -2.15. The number of thiocarbonyl (C=S) groups is 1. The van der Waals surface area contributed by atoms with Gasteiger partial charge in [-0.3, -0.25) is 4.72 Å². The molecule has 21 heavy (non-hydrogen) atoms. The van der Waals surface area contributed by atoms with Crippen molar-refractivity contribution in [3.05, 3.63) is 35.0 Å². The second-order valence-corrected chi connectivity index (χ2v) is 6.85. The molecule has 0 amide bonds. The van der Waals surface area contributed by atoms with Crippen LogP contribution in [0.2, 0.25) is 0 Å². The van der Waals surface area contributed by atoms with Crippen LogP contribution in [0.15, 0.2) is 39.9 Å². The standard InChI is InChI=1S/C12H14Cl2N2O3S2/c1-8(2)15-12(20)16-21(17,18)10-6-4-3-5-9(10)19-11(14)7-13/h3-8H,1-2H3,(H2,15,16,20). The third-order valence-corrected chi connectivity index (χ3v) is 4.31. The minimum Gasteiger partial charge on any atom is -0.443 e. The molecular formula is C12H14Cl2N2O3S2. The van der Waals surface area contributed by atoms with E-state index in [1.165, 1.54) is 12.1 Å². The zero-order valence-corrected chi connectivity index (χ0v) is 14.4. The van der Waals surface area contributed by atoms with E-state index in [1.54, 1.807) is 12.1 Å². The Morgan fingerprint density at radius 3 is 2.57 bits per heavy atom. The molecule has 0 radical (unpaired) electrons. The molecule has 0 aliphatic carbocycles. The van der Waals surface area contributed by atoms with Crippen molar-refractivity contribution in [2.24, 2.45) is 0 Å². The highest BCUT2D eigenvalue weighted by Gasteiger charge is 2.21. The van der Waals surface area contributed by atoms with Gasteiger partial charge in [0.2, 0.25) is 5.22 Å². The molecule has 0 atom stereocenters. The third kappa shape index (κ3) is 5.70. The highest BCUT2D eigenvalue weighted by atomic mass is 35.5. The number of sulfonamides is 1. The summed E-state index contributed by atoms with van der Waals surface area (Å²) in [6, 6.07) is 5.99. The van der Waals surface area contributed by atoms with Crippen molar-refractivity contribution in [2.75, 3.05) is 0 Å². The van der Waals surface area contributed by atoms with Crippen molar-refractivity contribution >= 4 is 50.6 Å². The monoisotopic (exact) mass is 368 g/mol. The van der Waals surface area contributed by atoms with E-state index in [0.717, 1.165) is 5.54 Å². The Kier molecular flexibility index (Phi) is 6.73. The van der Waals surface area contributed by atoms with Crippen molar-refractivity contribution in [1.82, 2.24) is 10.0 Å². The average molecular weight is 369 g/mol. The quantitative estimate of drug-likeness (QED) is 0.617. The van der Waals surface area contributed by atoms with E-state index in [1.807, 2.05) is 13.8 Å². The lowest BCUT2D eigenvalue weighted by molar-refractivity contribution is 0.449. The molecule has 0 saturated heterocycles. The number of nitrogens with one attached hydrogen (secondary N) is 2. The van der Waals surface area contributed by atoms with Crippen LogP contribution in [0.4, 0.5) is 0 Å². The van der Waals surface area contributed by atoms with Gasteiger partial charge in [0.15, 0.2) is 5.11 Å². The van der Waals surface area contributed by atoms with Gasteiger partial charge in [-0.05, 0) is 49.8 Å². The SMILES string of the molecule is CC(C)NC(=S)NS(=O)(=O)c1ccccc1OC(Cl)=CCl. The number of halogens is 2. The number of benzene rings is 1. The Hall–Kier alpha value is -1.02. The van der Waals surface area contributed by atoms with Crippen LogP contribution in [0.1, 0.15) is 13.8 Å². The summed E-state index contributed by atoms with van der Waals surface area (Å²) >= 11 is 16.0. The number of ether oxygens (including phenoxy) is 1. The van der Waals surface area contributed by atoms with Gasteiger partial charge in [0.1, 0.15) is 10.6 Å². The summed E-state index contributed by atoms with van der Waals surface area (Å²) in [6.45, 7) is 3.67. The van der Waals surface area contributed by atoms with Crippen molar-refractivity contribution < 1.29 is 13.2 Å². The fourth-order valence-corrected chi connectivity index (χ4v) is 3.09. The fraction of sp³-hybridized carbons (Fsp3) is 0.250. The first-order valence-corrected chi connectivity index (χ1v) is 8.53. The van der Waals surface area contributed by atoms with Crippen LogP contribution in [-0.4, -0.2) is 19.6 Å². The number of hydrogen-bond acceptors (Lipinski definition) is 4. The van der Waals surface area contributed by atoms with E-state index in [-0.39, 0.29) is 27.0 Å². The zero-order chi connectivity index (χ0) is 16.0. The summed E-state index contributed by atoms with van der Waals surface area (Å²) in [4.78, 5) is -0.102. The normalized spacial score (nSPS) is 12.1. The van der Waals surface area contributed by atoms with E-state index in [9.17, 15) is 8.42 Å². The minimum absolute atomic E-state index is 0.000296. The Morgan fingerprint density at radius 2 is 2.00 bits per heavy atom. The number of hydrogen-bond donors (Lipinski definition) is 2. The van der Waals surface area contributed by atoms with Crippen LogP contribution in [0, 0.1) is 0 Å². The van der Waals surface area contributed by atoms with Gasteiger partial charge in [-0.1, -0.05) is 23.7 Å². The predicted octanol–water partition coefficient (Wildman–Crippen LogP) is 2.90. The second kappa shape index (κ2) is 7.84. The van der Waals surface area contributed by atoms with Crippen molar-refractivity contribution in [2.45, 2.75) is 24.8 Å². The van der Waals surface area contributed by atoms with E-state index >= 15 is 0 Å². The molecule has 0 fully saturated rings. The summed E-state index contributed by atoms with van der Waals surface area (Å²) in [5.41, 5.74) is 0.989. The third-order valence-electron chi connectivity index (χ3n) is 2.08. The van der Waals surface area contributed by atoms with Crippen LogP contribution in [0.5, 0.6) is 5.75 Å². The van der Waals surface area contributed by atoms with Crippen LogP contribution in [0.3, 0.4) is 0 Å². The van der Waals surface area contributed by atoms with Crippen molar-refractivity contribution in [3.8, 4) is 5.75 Å². The highest BCUT2D eigenvalue weighted by Crippen LogP contribution is 2.26. The Labute approximate surface area is 139 Å². The molecule has 1 rings (SSSR count). The molecule has 0 spiro atoms. The first kappa shape index (κ1) is 18.0. The fourth-order valence-electron chi connectivity index (χ4n) is 1.35. The van der Waals surface area contributed by atoms with Crippen molar-refractivity contribution in [1.29, 1.82) is 0 Å². The smallest absolute Gasteiger partial charge is 0.267 e. The highest BCUT2D eigenvalue weighted by molar-refractivity contribution is 7.92. The molecule has 1 aromatic carbocycles. The Morgan fingerprint density at radius 1 is 1.38 bits per heavy atom. The molecule has 0 aromatic heterocycles. The molecule has 0 aliphatic rings. The predicted molar refractivity (Wildman–Crippen MR) is 88.1 cm³/mol. The minimum atomic E-state index is -3.90. The second-order valence-electron chi connectivity index (χ2n) is 4.20. The molecular weight excluding hydrogens is 355 g/mol. The molecule has 2 N–H and O–H groups in total. The van der Waals surface area contributed by atoms with Crippen LogP contribution >= 0.6 is 35.4 Å². The topological polar surface area (TPSA) is 67.4 Å². The largest absolute Gasteiger partial charge is 0.443 e. The first-order valence-electron chi connectivity index (χ1n) is 5.82. The Bertz CT molecular complexity index is 646. The summed E-state index contributed by atoms with van der Waals surface area (Å²) in [7, 11) is -3.90. The van der Waals surface area contributed by atoms with Gasteiger partial charge >= 0.3 is 0 Å². The maximum Gasteiger partial charge on any atom is 0.267 e. The number of rotatable bonds is 5. The van der Waals surface area contributed by atoms with Gasteiger partial charge in [0.25, 0.3) is 10.0 Å². The van der Waals surface area contributed by atoms with Gasteiger partial charge in [0, 0.05) is 6.04 Å². The van der Waals surface area contributed by atoms with Gasteiger partial charge in [-0.2, -0.15) is 0 Å². The summed E-state index contributed by atoms with van der Waals surface area (Å²) in [5.74, 6) is 0.0410. The maximum absolute atomic E-state index is 12.3. The molecule has 0 heterocycles. The summed E-state index contributed by atoms with van der Waals surface area (Å²) in [6.07, 6.45) is 0. The van der Waals surface area contributed by atoms with E-state index in [4.69, 9.17) is 40.2 Å². The van der Waals surface area contributed by atoms with E-state index < -0.39 is 10.0 Å². The van der Waals surface area contributed by atoms with Gasteiger partial charge < -0.3 is 10.1 Å². The summed E-state index contributed by atoms with van der Waals surface area (Å²) < 4.78 is 32.0.